The summed E-state index contributed by atoms with van der Waals surface area (Å²) in [4.78, 5) is 26.4. The summed E-state index contributed by atoms with van der Waals surface area (Å²) >= 11 is 12.5. The van der Waals surface area contributed by atoms with Crippen molar-refractivity contribution in [3.05, 3.63) is 87.9 Å². The highest BCUT2D eigenvalue weighted by molar-refractivity contribution is 7.92. The molecule has 2 amide bonds. The van der Waals surface area contributed by atoms with Crippen LogP contribution in [0.2, 0.25) is 10.0 Å². The van der Waals surface area contributed by atoms with Gasteiger partial charge in [0.05, 0.1) is 18.5 Å². The summed E-state index contributed by atoms with van der Waals surface area (Å²) in [5.41, 5.74) is 2.61. The third-order valence-electron chi connectivity index (χ3n) is 5.69. The molecule has 0 bridgehead atoms. The fourth-order valence-electron chi connectivity index (χ4n) is 3.86. The van der Waals surface area contributed by atoms with Gasteiger partial charge in [0.25, 0.3) is 5.91 Å². The molecule has 1 heterocycles. The van der Waals surface area contributed by atoms with Gasteiger partial charge in [-0.1, -0.05) is 29.3 Å². The zero-order valence-electron chi connectivity index (χ0n) is 18.9. The van der Waals surface area contributed by atoms with Gasteiger partial charge < -0.3 is 10.2 Å². The number of hydrogen-bond acceptors (Lipinski definition) is 4. The van der Waals surface area contributed by atoms with Gasteiger partial charge in [-0.3, -0.25) is 13.9 Å². The smallest absolute Gasteiger partial charge is 0.255 e. The van der Waals surface area contributed by atoms with Crippen LogP contribution in [0, 0.1) is 0 Å². The van der Waals surface area contributed by atoms with Crippen LogP contribution in [-0.4, -0.2) is 33.0 Å². The average Bonchev–Trinajstić information content (AvgIpc) is 3.24. The maximum atomic E-state index is 12.7. The summed E-state index contributed by atoms with van der Waals surface area (Å²) in [6, 6.07) is 18.3. The van der Waals surface area contributed by atoms with Crippen LogP contribution in [0.4, 0.5) is 17.1 Å². The lowest BCUT2D eigenvalue weighted by molar-refractivity contribution is -0.117. The number of nitrogens with one attached hydrogen (secondary N) is 1. The van der Waals surface area contributed by atoms with E-state index in [9.17, 15) is 18.0 Å². The second-order valence-corrected chi connectivity index (χ2v) is 10.9. The van der Waals surface area contributed by atoms with Crippen molar-refractivity contribution in [3.63, 3.8) is 0 Å². The molecule has 0 spiro atoms. The second kappa shape index (κ2) is 10.3. The molecule has 4 rings (SSSR count). The minimum atomic E-state index is -3.66. The molecule has 0 unspecified atom stereocenters. The van der Waals surface area contributed by atoms with E-state index in [-0.39, 0.29) is 18.4 Å². The van der Waals surface area contributed by atoms with E-state index in [4.69, 9.17) is 23.2 Å². The number of amides is 2. The largest absolute Gasteiger partial charge is 0.322 e. The lowest BCUT2D eigenvalue weighted by Gasteiger charge is -2.23. The standard InChI is InChI=1S/C25H23Cl2N3O4S/c1-35(33,34)30(16-21-22(26)4-2-5-23(21)27)20-11-7-17(8-12-20)25(32)28-18-9-13-19(14-10-18)29-15-3-6-24(29)31/h2,4-5,7-14H,3,6,15-16H2,1H3,(H,28,32). The minimum absolute atomic E-state index is 0.0469. The van der Waals surface area contributed by atoms with Crippen LogP contribution in [0.25, 0.3) is 0 Å². The van der Waals surface area contributed by atoms with E-state index in [1.165, 1.54) is 4.31 Å². The number of hydrogen-bond donors (Lipinski definition) is 1. The Morgan fingerprint density at radius 3 is 2.17 bits per heavy atom. The van der Waals surface area contributed by atoms with Gasteiger partial charge in [0.2, 0.25) is 15.9 Å². The highest BCUT2D eigenvalue weighted by Crippen LogP contribution is 2.29. The molecular formula is C25H23Cl2N3O4S. The Labute approximate surface area is 214 Å². The van der Waals surface area contributed by atoms with E-state index >= 15 is 0 Å². The van der Waals surface area contributed by atoms with Gasteiger partial charge in [0.1, 0.15) is 0 Å². The van der Waals surface area contributed by atoms with Gasteiger partial charge in [-0.2, -0.15) is 0 Å². The fourth-order valence-corrected chi connectivity index (χ4v) is 5.24. The molecule has 1 fully saturated rings. The number of anilines is 3. The lowest BCUT2D eigenvalue weighted by atomic mass is 10.1. The van der Waals surface area contributed by atoms with E-state index in [2.05, 4.69) is 5.32 Å². The Balaban J connectivity index is 1.48. The quantitative estimate of drug-likeness (QED) is 0.445. The van der Waals surface area contributed by atoms with Crippen LogP contribution >= 0.6 is 23.2 Å². The molecule has 0 aliphatic carbocycles. The number of nitrogens with zero attached hydrogens (tertiary/aromatic N) is 2. The Morgan fingerprint density at radius 1 is 1.00 bits per heavy atom. The van der Waals surface area contributed by atoms with Crippen molar-refractivity contribution in [1.29, 1.82) is 0 Å². The molecule has 0 radical (unpaired) electrons. The Hall–Kier alpha value is -3.07. The molecule has 182 valence electrons. The van der Waals surface area contributed by atoms with Crippen LogP contribution in [0.15, 0.2) is 66.7 Å². The average molecular weight is 532 g/mol. The molecule has 10 heteroatoms. The number of sulfonamides is 1. The normalized spacial score (nSPS) is 13.7. The maximum Gasteiger partial charge on any atom is 0.255 e. The molecule has 0 atom stereocenters. The minimum Gasteiger partial charge on any atom is -0.322 e. The van der Waals surface area contributed by atoms with Gasteiger partial charge in [-0.15, -0.1) is 0 Å². The highest BCUT2D eigenvalue weighted by atomic mass is 35.5. The fraction of sp³-hybridized carbons (Fsp3) is 0.200. The predicted octanol–water partition coefficient (Wildman–Crippen LogP) is 5.34. The summed E-state index contributed by atoms with van der Waals surface area (Å²) in [6.45, 7) is 0.652. The molecule has 0 saturated carbocycles. The van der Waals surface area contributed by atoms with Crippen molar-refractivity contribution >= 4 is 62.1 Å². The lowest BCUT2D eigenvalue weighted by Crippen LogP contribution is -2.29. The Kier molecular flexibility index (Phi) is 7.35. The van der Waals surface area contributed by atoms with E-state index < -0.39 is 10.0 Å². The number of carbonyl (C=O) groups excluding carboxylic acids is 2. The van der Waals surface area contributed by atoms with E-state index in [1.807, 2.05) is 0 Å². The molecule has 1 aliphatic rings. The summed E-state index contributed by atoms with van der Waals surface area (Å²) in [5, 5.41) is 3.54. The zero-order chi connectivity index (χ0) is 25.2. The first-order valence-electron chi connectivity index (χ1n) is 10.9. The van der Waals surface area contributed by atoms with Gasteiger partial charge in [0.15, 0.2) is 0 Å². The van der Waals surface area contributed by atoms with Crippen molar-refractivity contribution in [1.82, 2.24) is 0 Å². The number of carbonyl (C=O) groups is 2. The molecule has 3 aromatic carbocycles. The van der Waals surface area contributed by atoms with Crippen molar-refractivity contribution in [2.45, 2.75) is 19.4 Å². The second-order valence-electron chi connectivity index (χ2n) is 8.17. The molecule has 3 aromatic rings. The molecule has 35 heavy (non-hydrogen) atoms. The molecule has 0 aromatic heterocycles. The van der Waals surface area contributed by atoms with E-state index in [1.54, 1.807) is 71.6 Å². The van der Waals surface area contributed by atoms with Crippen LogP contribution in [0.3, 0.4) is 0 Å². The monoisotopic (exact) mass is 531 g/mol. The van der Waals surface area contributed by atoms with Crippen LogP contribution < -0.4 is 14.5 Å². The maximum absolute atomic E-state index is 12.7. The Morgan fingerprint density at radius 2 is 1.63 bits per heavy atom. The van der Waals surface area contributed by atoms with Crippen molar-refractivity contribution < 1.29 is 18.0 Å². The first-order chi connectivity index (χ1) is 16.6. The van der Waals surface area contributed by atoms with E-state index in [0.29, 0.717) is 45.5 Å². The van der Waals surface area contributed by atoms with Gasteiger partial charge in [-0.05, 0) is 67.1 Å². The third kappa shape index (κ3) is 5.78. The Bertz CT molecular complexity index is 1340. The molecular weight excluding hydrogens is 509 g/mol. The SMILES string of the molecule is CS(=O)(=O)N(Cc1c(Cl)cccc1Cl)c1ccc(C(=O)Nc2ccc(N3CCCC3=O)cc2)cc1. The first-order valence-corrected chi connectivity index (χ1v) is 13.5. The zero-order valence-corrected chi connectivity index (χ0v) is 21.2. The van der Waals surface area contributed by atoms with Gasteiger partial charge >= 0.3 is 0 Å². The van der Waals surface area contributed by atoms with Crippen LogP contribution in [0.1, 0.15) is 28.8 Å². The third-order valence-corrected chi connectivity index (χ3v) is 7.54. The summed E-state index contributed by atoms with van der Waals surface area (Å²) in [5.74, 6) is -0.247. The molecule has 1 aliphatic heterocycles. The topological polar surface area (TPSA) is 86.8 Å². The van der Waals surface area contributed by atoms with Crippen LogP contribution in [0.5, 0.6) is 0 Å². The number of halogens is 2. The first kappa shape index (κ1) is 25.0. The number of rotatable bonds is 7. The van der Waals surface area contributed by atoms with Gasteiger partial charge in [-0.25, -0.2) is 8.42 Å². The molecule has 1 saturated heterocycles. The predicted molar refractivity (Wildman–Crippen MR) is 140 cm³/mol. The number of benzene rings is 3. The molecule has 7 nitrogen and oxygen atoms in total. The van der Waals surface area contributed by atoms with Gasteiger partial charge in [0, 0.05) is 45.5 Å². The van der Waals surface area contributed by atoms with E-state index in [0.717, 1.165) is 18.4 Å². The van der Waals surface area contributed by atoms with Crippen molar-refractivity contribution in [2.75, 3.05) is 27.3 Å². The summed E-state index contributed by atoms with van der Waals surface area (Å²) in [6.07, 6.45) is 2.49. The van der Waals surface area contributed by atoms with Crippen molar-refractivity contribution in [2.24, 2.45) is 0 Å². The summed E-state index contributed by atoms with van der Waals surface area (Å²) in [7, 11) is -3.66. The molecule has 1 N–H and O–H groups in total. The summed E-state index contributed by atoms with van der Waals surface area (Å²) < 4.78 is 26.2. The van der Waals surface area contributed by atoms with Crippen LogP contribution in [-0.2, 0) is 21.4 Å². The van der Waals surface area contributed by atoms with Crippen molar-refractivity contribution in [3.8, 4) is 0 Å². The highest BCUT2D eigenvalue weighted by Gasteiger charge is 2.22.